The number of fused-ring (bicyclic) bond motifs is 1. The Bertz CT molecular complexity index is 1130. The van der Waals surface area contributed by atoms with Gasteiger partial charge in [-0.05, 0) is 37.0 Å². The Morgan fingerprint density at radius 3 is 2.73 bits per heavy atom. The highest BCUT2D eigenvalue weighted by Gasteiger charge is 2.53. The Hall–Kier alpha value is -2.93. The molecule has 1 aromatic carbocycles. The van der Waals surface area contributed by atoms with E-state index < -0.39 is 0 Å². The number of carbonyl (C=O) groups is 1. The van der Waals surface area contributed by atoms with Crippen molar-refractivity contribution in [2.45, 2.75) is 37.3 Å². The second kappa shape index (κ2) is 7.40. The molecule has 0 bridgehead atoms. The topological polar surface area (TPSA) is 69.4 Å². The minimum Gasteiger partial charge on any atom is -0.383 e. The molecule has 2 aromatic heterocycles. The lowest BCUT2D eigenvalue weighted by Crippen LogP contribution is -2.38. The molecule has 30 heavy (non-hydrogen) atoms. The maximum Gasteiger partial charge on any atom is 0.330 e. The van der Waals surface area contributed by atoms with Gasteiger partial charge in [-0.2, -0.15) is 0 Å². The minimum absolute atomic E-state index is 0.0609. The van der Waals surface area contributed by atoms with Gasteiger partial charge in [-0.1, -0.05) is 30.3 Å². The molecule has 1 aliphatic carbocycles. The standard InChI is InChI=1S/C23H26N4O3/c1-30-15-14-26-19-8-5-12-24-20(19)27(22(26)29)18-9-13-25(16-18)21(28)23(10-11-23)17-6-3-2-4-7-17/h2-8,12,18H,9-11,13-16H2,1H3. The van der Waals surface area contributed by atoms with Gasteiger partial charge in [0.05, 0.1) is 30.1 Å². The molecule has 7 heteroatoms. The van der Waals surface area contributed by atoms with Crippen LogP contribution in [0.4, 0.5) is 0 Å². The van der Waals surface area contributed by atoms with Crippen LogP contribution in [0.15, 0.2) is 53.5 Å². The fourth-order valence-electron chi connectivity index (χ4n) is 4.78. The van der Waals surface area contributed by atoms with Crippen molar-refractivity contribution < 1.29 is 9.53 Å². The first-order valence-electron chi connectivity index (χ1n) is 10.6. The van der Waals surface area contributed by atoms with Crippen molar-refractivity contribution in [2.75, 3.05) is 26.8 Å². The van der Waals surface area contributed by atoms with Gasteiger partial charge in [-0.15, -0.1) is 0 Å². The lowest BCUT2D eigenvalue weighted by Gasteiger charge is -2.23. The molecule has 0 radical (unpaired) electrons. The summed E-state index contributed by atoms with van der Waals surface area (Å²) in [5.41, 5.74) is 2.15. The van der Waals surface area contributed by atoms with Gasteiger partial charge in [0.15, 0.2) is 5.65 Å². The number of benzene rings is 1. The number of imidazole rings is 1. The summed E-state index contributed by atoms with van der Waals surface area (Å²) in [4.78, 5) is 33.1. The van der Waals surface area contributed by atoms with Crippen LogP contribution in [0.25, 0.3) is 11.2 Å². The molecule has 1 aliphatic heterocycles. The number of carbonyl (C=O) groups excluding carboxylic acids is 1. The Morgan fingerprint density at radius 1 is 1.20 bits per heavy atom. The van der Waals surface area contributed by atoms with E-state index in [4.69, 9.17) is 4.74 Å². The van der Waals surface area contributed by atoms with Crippen LogP contribution in [0.2, 0.25) is 0 Å². The number of amides is 1. The van der Waals surface area contributed by atoms with Gasteiger partial charge in [0, 0.05) is 26.4 Å². The average Bonchev–Trinajstić information content (AvgIpc) is 3.37. The predicted octanol–water partition coefficient (Wildman–Crippen LogP) is 2.35. The summed E-state index contributed by atoms with van der Waals surface area (Å²) >= 11 is 0. The second-order valence-corrected chi connectivity index (χ2v) is 8.28. The van der Waals surface area contributed by atoms with Crippen molar-refractivity contribution >= 4 is 17.1 Å². The molecule has 3 heterocycles. The van der Waals surface area contributed by atoms with Gasteiger partial charge < -0.3 is 9.64 Å². The highest BCUT2D eigenvalue weighted by atomic mass is 16.5. The van der Waals surface area contributed by atoms with Crippen LogP contribution in [0.1, 0.15) is 30.9 Å². The summed E-state index contributed by atoms with van der Waals surface area (Å²) in [6.45, 7) is 2.16. The zero-order valence-electron chi connectivity index (χ0n) is 17.2. The molecule has 1 atom stereocenters. The number of aromatic nitrogens is 3. The minimum atomic E-state index is -0.369. The lowest BCUT2D eigenvalue weighted by molar-refractivity contribution is -0.133. The van der Waals surface area contributed by atoms with Gasteiger partial charge >= 0.3 is 5.69 Å². The van der Waals surface area contributed by atoms with E-state index in [1.165, 1.54) is 0 Å². The third-order valence-electron chi connectivity index (χ3n) is 6.54. The maximum atomic E-state index is 13.4. The highest BCUT2D eigenvalue weighted by Crippen LogP contribution is 2.50. The second-order valence-electron chi connectivity index (χ2n) is 8.28. The fourth-order valence-corrected chi connectivity index (χ4v) is 4.78. The first kappa shape index (κ1) is 19.1. The summed E-state index contributed by atoms with van der Waals surface area (Å²) in [6.07, 6.45) is 4.27. The van der Waals surface area contributed by atoms with Gasteiger partial charge in [-0.25, -0.2) is 9.78 Å². The Kier molecular flexibility index (Phi) is 4.70. The zero-order valence-corrected chi connectivity index (χ0v) is 17.2. The summed E-state index contributed by atoms with van der Waals surface area (Å²) in [7, 11) is 1.63. The summed E-state index contributed by atoms with van der Waals surface area (Å²) in [5.74, 6) is 0.195. The third kappa shape index (κ3) is 2.96. The SMILES string of the molecule is COCCn1c(=O)n(C2CCN(C(=O)C3(c4ccccc4)CC3)C2)c2ncccc21. The number of rotatable bonds is 6. The molecule has 5 rings (SSSR count). The van der Waals surface area contributed by atoms with E-state index in [2.05, 4.69) is 17.1 Å². The van der Waals surface area contributed by atoms with Crippen LogP contribution in [-0.2, 0) is 21.5 Å². The number of hydrogen-bond donors (Lipinski definition) is 0. The van der Waals surface area contributed by atoms with E-state index >= 15 is 0 Å². The molecule has 1 saturated carbocycles. The Morgan fingerprint density at radius 2 is 2.00 bits per heavy atom. The normalized spacial score (nSPS) is 20.0. The van der Waals surface area contributed by atoms with Crippen molar-refractivity contribution in [1.29, 1.82) is 0 Å². The molecule has 0 N–H and O–H groups in total. The number of methoxy groups -OCH3 is 1. The van der Waals surface area contributed by atoms with Gasteiger partial charge in [0.25, 0.3) is 0 Å². The van der Waals surface area contributed by atoms with E-state index in [0.29, 0.717) is 31.9 Å². The van der Waals surface area contributed by atoms with Gasteiger partial charge in [0.1, 0.15) is 0 Å². The first-order chi connectivity index (χ1) is 14.7. The average molecular weight is 406 g/mol. The third-order valence-corrected chi connectivity index (χ3v) is 6.54. The zero-order chi connectivity index (χ0) is 20.7. The van der Waals surface area contributed by atoms with Gasteiger partial charge in [-0.3, -0.25) is 13.9 Å². The summed E-state index contributed by atoms with van der Waals surface area (Å²) in [5, 5.41) is 0. The molecule has 156 valence electrons. The molecular formula is C23H26N4O3. The van der Waals surface area contributed by atoms with E-state index in [-0.39, 0.29) is 23.1 Å². The molecule has 2 aliphatic rings. The number of hydrogen-bond acceptors (Lipinski definition) is 4. The monoisotopic (exact) mass is 406 g/mol. The molecular weight excluding hydrogens is 380 g/mol. The molecule has 3 aromatic rings. The molecule has 1 amide bonds. The van der Waals surface area contributed by atoms with Crippen molar-refractivity contribution in [3.63, 3.8) is 0 Å². The van der Waals surface area contributed by atoms with Crippen molar-refractivity contribution in [3.05, 3.63) is 64.7 Å². The van der Waals surface area contributed by atoms with E-state index in [1.807, 2.05) is 35.2 Å². The predicted molar refractivity (Wildman–Crippen MR) is 113 cm³/mol. The molecule has 1 saturated heterocycles. The number of ether oxygens (including phenoxy) is 1. The number of nitrogens with zero attached hydrogens (tertiary/aromatic N) is 4. The van der Waals surface area contributed by atoms with E-state index in [9.17, 15) is 9.59 Å². The molecule has 1 unspecified atom stereocenters. The lowest BCUT2D eigenvalue weighted by atomic mass is 9.94. The van der Waals surface area contributed by atoms with Crippen LogP contribution in [0, 0.1) is 0 Å². The molecule has 7 nitrogen and oxygen atoms in total. The highest BCUT2D eigenvalue weighted by molar-refractivity contribution is 5.91. The fraction of sp³-hybridized carbons (Fsp3) is 0.435. The van der Waals surface area contributed by atoms with Gasteiger partial charge in [0.2, 0.25) is 5.91 Å². The molecule has 2 fully saturated rings. The quantitative estimate of drug-likeness (QED) is 0.630. The van der Waals surface area contributed by atoms with Crippen LogP contribution in [0.5, 0.6) is 0 Å². The number of pyridine rings is 1. The van der Waals surface area contributed by atoms with Crippen molar-refractivity contribution in [2.24, 2.45) is 0 Å². The first-order valence-corrected chi connectivity index (χ1v) is 10.6. The van der Waals surface area contributed by atoms with Crippen molar-refractivity contribution in [1.82, 2.24) is 19.0 Å². The van der Waals surface area contributed by atoms with Crippen LogP contribution in [-0.4, -0.2) is 51.7 Å². The van der Waals surface area contributed by atoms with E-state index in [1.54, 1.807) is 22.4 Å². The summed E-state index contributed by atoms with van der Waals surface area (Å²) < 4.78 is 8.68. The maximum absolute atomic E-state index is 13.4. The van der Waals surface area contributed by atoms with Crippen LogP contribution >= 0.6 is 0 Å². The van der Waals surface area contributed by atoms with Crippen molar-refractivity contribution in [3.8, 4) is 0 Å². The van der Waals surface area contributed by atoms with E-state index in [0.717, 1.165) is 30.3 Å². The largest absolute Gasteiger partial charge is 0.383 e. The Balaban J connectivity index is 1.43. The van der Waals surface area contributed by atoms with Crippen LogP contribution in [0.3, 0.4) is 0 Å². The Labute approximate surface area is 174 Å². The smallest absolute Gasteiger partial charge is 0.330 e. The number of likely N-dealkylation sites (tertiary alicyclic amines) is 1. The molecule has 0 spiro atoms. The van der Waals surface area contributed by atoms with Crippen LogP contribution < -0.4 is 5.69 Å². The summed E-state index contributed by atoms with van der Waals surface area (Å²) in [6, 6.07) is 13.8.